The third-order valence-corrected chi connectivity index (χ3v) is 15.4. The van der Waals surface area contributed by atoms with Crippen molar-refractivity contribution in [2.45, 2.75) is 38.8 Å². The molecular weight excluding hydrogens is 251 g/mol. The Balaban J connectivity index is 4.34. The fraction of sp³-hybridized carbons (Fsp3) is 1.00. The predicted octanol–water partition coefficient (Wildman–Crippen LogP) is 2.90. The summed E-state index contributed by atoms with van der Waals surface area (Å²) in [6, 6.07) is 0. The van der Waals surface area contributed by atoms with Gasteiger partial charge in [-0.25, -0.2) is 0 Å². The number of unbranched alkanes of at least 4 members (excludes halogenated alkanes) is 1. The molecule has 2 nitrogen and oxygen atoms in total. The average Bonchev–Trinajstić information content (AvgIpc) is 2.15. The zero-order valence-electron chi connectivity index (χ0n) is 9.40. The fourth-order valence-corrected chi connectivity index (χ4v) is 10.5. The van der Waals surface area contributed by atoms with Crippen molar-refractivity contribution in [2.75, 3.05) is 14.2 Å². The lowest BCUT2D eigenvalue weighted by Gasteiger charge is -2.27. The summed E-state index contributed by atoms with van der Waals surface area (Å²) in [5.74, 6) is 0. The molecule has 0 bridgehead atoms. The Morgan fingerprint density at radius 1 is 1.43 bits per heavy atom. The van der Waals surface area contributed by atoms with Crippen LogP contribution in [0.15, 0.2) is 0 Å². The second kappa shape index (κ2) is 7.42. The zero-order chi connectivity index (χ0) is 11.2. The lowest BCUT2D eigenvalue weighted by molar-refractivity contribution is 0.299. The van der Waals surface area contributed by atoms with Crippen LogP contribution in [0.25, 0.3) is 0 Å². The molecule has 2 unspecified atom stereocenters. The van der Waals surface area contributed by atoms with Gasteiger partial charge in [0.25, 0.3) is 0 Å². The van der Waals surface area contributed by atoms with Crippen LogP contribution in [0.2, 0.25) is 0 Å². The molecule has 86 valence electrons. The van der Waals surface area contributed by atoms with Crippen LogP contribution in [0.3, 0.4) is 0 Å². The largest absolute Gasteiger partial charge is 0.396 e. The lowest BCUT2D eigenvalue weighted by Crippen LogP contribution is -2.22. The maximum atomic E-state index is 5.59. The molecule has 0 aliphatic rings. The van der Waals surface area contributed by atoms with Crippen molar-refractivity contribution in [3.8, 4) is 0 Å². The molecule has 0 aromatic rings. The molecule has 0 aliphatic carbocycles. The fourth-order valence-electron chi connectivity index (χ4n) is 1.29. The highest BCUT2D eigenvalue weighted by molar-refractivity contribution is 8.72. The Hall–Kier alpha value is 1.14. The molecule has 2 atom stereocenters. The van der Waals surface area contributed by atoms with Crippen molar-refractivity contribution in [2.24, 2.45) is 0 Å². The highest BCUT2D eigenvalue weighted by atomic mass is 32.9. The van der Waals surface area contributed by atoms with Gasteiger partial charge in [-0.1, -0.05) is 38.5 Å². The van der Waals surface area contributed by atoms with E-state index >= 15 is 0 Å². The Morgan fingerprint density at radius 2 is 1.93 bits per heavy atom. The molecule has 14 heavy (non-hydrogen) atoms. The van der Waals surface area contributed by atoms with Gasteiger partial charge in [0.15, 0.2) is 0 Å². The van der Waals surface area contributed by atoms with Gasteiger partial charge in [-0.15, -0.1) is 12.2 Å². The molecule has 0 spiro atoms. The quantitative estimate of drug-likeness (QED) is 0.437. The summed E-state index contributed by atoms with van der Waals surface area (Å²) < 4.78 is 10.7. The first kappa shape index (κ1) is 15.1. The van der Waals surface area contributed by atoms with Crippen LogP contribution in [0, 0.1) is 0 Å². The first-order valence-electron chi connectivity index (χ1n) is 4.88. The predicted molar refractivity (Wildman–Crippen MR) is 73.4 cm³/mol. The van der Waals surface area contributed by atoms with Gasteiger partial charge >= 0.3 is 8.95 Å². The second-order valence-electron chi connectivity index (χ2n) is 3.44. The van der Waals surface area contributed by atoms with E-state index in [1.54, 1.807) is 14.2 Å². The van der Waals surface area contributed by atoms with E-state index in [1.807, 2.05) is 0 Å². The summed E-state index contributed by atoms with van der Waals surface area (Å²) >= 11 is 10.2. The molecule has 0 N–H and O–H groups in total. The van der Waals surface area contributed by atoms with Crippen LogP contribution in [0.5, 0.6) is 0 Å². The van der Waals surface area contributed by atoms with Crippen LogP contribution in [0.1, 0.15) is 33.1 Å². The van der Waals surface area contributed by atoms with Crippen molar-refractivity contribution in [3.63, 3.8) is 0 Å². The number of rotatable bonds is 7. The SMILES string of the molecule is CCCCC(C)P(=S)(S)[SiH](OC)OC. The van der Waals surface area contributed by atoms with E-state index in [9.17, 15) is 0 Å². The molecule has 0 aliphatic heterocycles. The molecule has 0 aromatic carbocycles. The summed E-state index contributed by atoms with van der Waals surface area (Å²) in [6.45, 7) is 4.37. The number of thiol groups is 1. The van der Waals surface area contributed by atoms with Gasteiger partial charge in [0, 0.05) is 19.0 Å². The van der Waals surface area contributed by atoms with Gasteiger partial charge in [-0.05, 0) is 12.1 Å². The first-order valence-corrected chi connectivity index (χ1v) is 11.5. The smallest absolute Gasteiger partial charge is 0.368 e. The highest BCUT2D eigenvalue weighted by Gasteiger charge is 2.33. The minimum Gasteiger partial charge on any atom is -0.396 e. The van der Waals surface area contributed by atoms with Crippen molar-refractivity contribution in [3.05, 3.63) is 0 Å². The van der Waals surface area contributed by atoms with Crippen LogP contribution in [0.4, 0.5) is 0 Å². The molecule has 0 saturated heterocycles. The molecule has 0 fully saturated rings. The van der Waals surface area contributed by atoms with Gasteiger partial charge in [-0.3, -0.25) is 0 Å². The van der Waals surface area contributed by atoms with Gasteiger partial charge in [0.2, 0.25) is 0 Å². The van der Waals surface area contributed by atoms with Crippen LogP contribution in [-0.4, -0.2) is 28.8 Å². The molecule has 6 heteroatoms. The van der Waals surface area contributed by atoms with Crippen molar-refractivity contribution < 1.29 is 8.85 Å². The molecular formula is C8H21O2PS2Si. The average molecular weight is 272 g/mol. The second-order valence-corrected chi connectivity index (χ2v) is 18.0. The minimum atomic E-state index is -1.71. The summed E-state index contributed by atoms with van der Waals surface area (Å²) in [5, 5.41) is 0. The van der Waals surface area contributed by atoms with Crippen LogP contribution < -0.4 is 0 Å². The summed E-state index contributed by atoms with van der Waals surface area (Å²) in [4.78, 5) is -1.70. The van der Waals surface area contributed by atoms with Gasteiger partial charge < -0.3 is 8.85 Å². The third-order valence-electron chi connectivity index (χ3n) is 2.31. The zero-order valence-corrected chi connectivity index (χ0v) is 13.2. The monoisotopic (exact) mass is 272 g/mol. The lowest BCUT2D eigenvalue weighted by atomic mass is 10.2. The van der Waals surface area contributed by atoms with Gasteiger partial charge in [0.1, 0.15) is 0 Å². The van der Waals surface area contributed by atoms with Crippen LogP contribution >= 0.6 is 17.0 Å². The van der Waals surface area contributed by atoms with Gasteiger partial charge in [0.05, 0.1) is 0 Å². The molecule has 0 aromatic heterocycles. The van der Waals surface area contributed by atoms with E-state index < -0.39 is 13.7 Å². The van der Waals surface area contributed by atoms with Gasteiger partial charge in [-0.2, -0.15) is 0 Å². The summed E-state index contributed by atoms with van der Waals surface area (Å²) in [7, 11) is 1.66. The molecule has 0 radical (unpaired) electrons. The van der Waals surface area contributed by atoms with E-state index in [4.69, 9.17) is 20.7 Å². The van der Waals surface area contributed by atoms with Crippen LogP contribution in [-0.2, 0) is 20.7 Å². The first-order chi connectivity index (χ1) is 6.50. The topological polar surface area (TPSA) is 18.5 Å². The Labute approximate surface area is 99.6 Å². The Kier molecular flexibility index (Phi) is 8.02. The van der Waals surface area contributed by atoms with E-state index in [2.05, 4.69) is 26.1 Å². The van der Waals surface area contributed by atoms with Crippen molar-refractivity contribution in [1.29, 1.82) is 0 Å². The standard InChI is InChI=1S/C8H21O2PS2Si/c1-5-6-7-8(2)11(12,13)14(9-3)10-4/h8,14H,5-7H2,1-4H3,(H,12,13). The molecule has 0 amide bonds. The summed E-state index contributed by atoms with van der Waals surface area (Å²) in [6.07, 6.45) is 3.57. The van der Waals surface area contributed by atoms with E-state index in [0.29, 0.717) is 5.66 Å². The maximum Gasteiger partial charge on any atom is 0.368 e. The van der Waals surface area contributed by atoms with Crippen molar-refractivity contribution in [1.82, 2.24) is 0 Å². The van der Waals surface area contributed by atoms with E-state index in [0.717, 1.165) is 6.42 Å². The Bertz CT molecular complexity index is 200. The third kappa shape index (κ3) is 4.33. The molecule has 0 saturated carbocycles. The minimum absolute atomic E-state index is 0.470. The molecule has 0 heterocycles. The highest BCUT2D eigenvalue weighted by Crippen LogP contribution is 2.59. The number of hydrogen-bond acceptors (Lipinski definition) is 3. The molecule has 0 rings (SSSR count). The van der Waals surface area contributed by atoms with E-state index in [-0.39, 0.29) is 0 Å². The van der Waals surface area contributed by atoms with E-state index in [1.165, 1.54) is 12.8 Å². The number of hydrogen-bond donors (Lipinski definition) is 1. The normalized spacial score (nSPS) is 18.1. The summed E-state index contributed by atoms with van der Waals surface area (Å²) in [5.41, 5.74) is 0.470. The maximum absolute atomic E-state index is 5.59. The van der Waals surface area contributed by atoms with Crippen molar-refractivity contribution >= 4 is 37.8 Å². The Morgan fingerprint density at radius 3 is 2.29 bits per heavy atom.